The number of aliphatic carboxylic acids is 1. The second-order valence-corrected chi connectivity index (χ2v) is 14.1. The van der Waals surface area contributed by atoms with Gasteiger partial charge in [-0.1, -0.05) is 40.2 Å². The highest BCUT2D eigenvalue weighted by atomic mass is 16.4. The normalized spacial score (nSPS) is 51.2. The van der Waals surface area contributed by atoms with Gasteiger partial charge in [0.25, 0.3) is 0 Å². The Bertz CT molecular complexity index is 1010. The summed E-state index contributed by atoms with van der Waals surface area (Å²) in [6.07, 6.45) is 6.56. The number of hydrogen-bond acceptors (Lipinski definition) is 5. The predicted molar refractivity (Wildman–Crippen MR) is 137 cm³/mol. The van der Waals surface area contributed by atoms with Crippen molar-refractivity contribution >= 4 is 17.5 Å². The Morgan fingerprint density at radius 2 is 1.86 bits per heavy atom. The van der Waals surface area contributed by atoms with Crippen LogP contribution in [0.15, 0.2) is 11.6 Å². The quantitative estimate of drug-likeness (QED) is 0.581. The van der Waals surface area contributed by atoms with Crippen molar-refractivity contribution in [1.29, 1.82) is 0 Å². The van der Waals surface area contributed by atoms with E-state index in [1.807, 2.05) is 13.8 Å². The second-order valence-electron chi connectivity index (χ2n) is 14.1. The first-order chi connectivity index (χ1) is 16.7. The molecule has 36 heavy (non-hydrogen) atoms. The number of aliphatic hydroxyl groups is 1. The summed E-state index contributed by atoms with van der Waals surface area (Å²) in [5, 5.41) is 21.1. The van der Waals surface area contributed by atoms with Gasteiger partial charge in [0.15, 0.2) is 5.78 Å². The summed E-state index contributed by atoms with van der Waals surface area (Å²) in [7, 11) is 0. The molecular formula is C30H45NO5. The third-order valence-corrected chi connectivity index (χ3v) is 11.9. The highest BCUT2D eigenvalue weighted by Gasteiger charge is 2.72. The second kappa shape index (κ2) is 8.49. The van der Waals surface area contributed by atoms with Crippen LogP contribution in [0.3, 0.4) is 0 Å². The molecule has 2 N–H and O–H groups in total. The molecule has 0 bridgehead atoms. The molecule has 0 amide bonds. The molecule has 5 aliphatic rings. The Morgan fingerprint density at radius 1 is 1.17 bits per heavy atom. The van der Waals surface area contributed by atoms with Gasteiger partial charge in [-0.2, -0.15) is 0 Å². The first kappa shape index (κ1) is 26.1. The van der Waals surface area contributed by atoms with Crippen molar-refractivity contribution in [3.63, 3.8) is 0 Å². The van der Waals surface area contributed by atoms with E-state index in [4.69, 9.17) is 0 Å². The number of rotatable bonds is 2. The summed E-state index contributed by atoms with van der Waals surface area (Å²) in [5.74, 6) is -1.33. The first-order valence-electron chi connectivity index (χ1n) is 14.1. The molecule has 2 saturated heterocycles. The molecule has 0 aromatic heterocycles. The standard InChI is InChI=1S/C30H45NO5/c1-16-9-19-7-8-29(5)23(31(19)15-20(32)10-16)13-28(4)21-11-17(2)12-22(33)25(21)18(3)26(36)27(28)30(29,6)14-24(34)35/h12,16,18-21,23,25,27,32H,7-11,13-15H2,1-6H3,(H,34,35)/t16-,18-,19+,20-,21-,23?,25+,27+,28+,29-,30+/m1/s1. The van der Waals surface area contributed by atoms with Crippen molar-refractivity contribution in [2.24, 2.45) is 45.8 Å². The first-order valence-corrected chi connectivity index (χ1v) is 14.1. The summed E-state index contributed by atoms with van der Waals surface area (Å²) >= 11 is 0. The minimum absolute atomic E-state index is 0.0292. The van der Waals surface area contributed by atoms with Crippen LogP contribution in [-0.4, -0.2) is 57.4 Å². The monoisotopic (exact) mass is 499 g/mol. The van der Waals surface area contributed by atoms with Gasteiger partial charge < -0.3 is 10.2 Å². The van der Waals surface area contributed by atoms with Crippen molar-refractivity contribution in [2.75, 3.05) is 6.54 Å². The number of piperidine rings is 1. The van der Waals surface area contributed by atoms with Gasteiger partial charge in [0, 0.05) is 36.4 Å². The molecule has 0 aromatic rings. The van der Waals surface area contributed by atoms with E-state index in [0.717, 1.165) is 44.1 Å². The smallest absolute Gasteiger partial charge is 0.303 e. The minimum atomic E-state index is -0.855. The number of fused-ring (bicyclic) bond motifs is 6. The third-order valence-electron chi connectivity index (χ3n) is 11.9. The largest absolute Gasteiger partial charge is 0.481 e. The van der Waals surface area contributed by atoms with E-state index in [-0.39, 0.29) is 41.3 Å². The van der Waals surface area contributed by atoms with Gasteiger partial charge in [-0.3, -0.25) is 19.3 Å². The van der Waals surface area contributed by atoms with Crippen molar-refractivity contribution in [3.8, 4) is 0 Å². The number of ketones is 2. The van der Waals surface area contributed by atoms with Gasteiger partial charge in [-0.15, -0.1) is 0 Å². The fourth-order valence-electron chi connectivity index (χ4n) is 10.3. The van der Waals surface area contributed by atoms with Crippen LogP contribution in [0.1, 0.15) is 86.5 Å². The molecule has 5 rings (SSSR count). The lowest BCUT2D eigenvalue weighted by molar-refractivity contribution is -0.227. The van der Waals surface area contributed by atoms with Gasteiger partial charge in [-0.25, -0.2) is 0 Å². The molecule has 200 valence electrons. The van der Waals surface area contributed by atoms with E-state index in [1.54, 1.807) is 6.08 Å². The molecule has 2 saturated carbocycles. The number of nitrogens with zero attached hydrogens (tertiary/aromatic N) is 1. The van der Waals surface area contributed by atoms with Crippen LogP contribution in [0.2, 0.25) is 0 Å². The average molecular weight is 500 g/mol. The number of Topliss-reactive ketones (excluding diaryl/α,β-unsaturated/α-hetero) is 1. The van der Waals surface area contributed by atoms with E-state index in [1.165, 1.54) is 0 Å². The molecule has 3 aliphatic carbocycles. The fraction of sp³-hybridized carbons (Fsp3) is 0.833. The minimum Gasteiger partial charge on any atom is -0.481 e. The summed E-state index contributed by atoms with van der Waals surface area (Å²) in [6.45, 7) is 13.3. The molecule has 0 radical (unpaired) electrons. The lowest BCUT2D eigenvalue weighted by Crippen LogP contribution is -2.73. The van der Waals surface area contributed by atoms with E-state index in [9.17, 15) is 24.6 Å². The lowest BCUT2D eigenvalue weighted by atomic mass is 9.35. The van der Waals surface area contributed by atoms with Crippen molar-refractivity contribution in [3.05, 3.63) is 11.6 Å². The maximum absolute atomic E-state index is 14.3. The van der Waals surface area contributed by atoms with Gasteiger partial charge in [0.05, 0.1) is 12.5 Å². The molecule has 0 aromatic carbocycles. The van der Waals surface area contributed by atoms with Crippen molar-refractivity contribution < 1.29 is 24.6 Å². The molecule has 1 unspecified atom stereocenters. The SMILES string of the molecule is CC1=CC(=O)[C@@H]2[C@@H](C1)[C@]1(C)CC3N4C[C@H](O)C[C@H](C)C[C@@H]4CC[C@@]3(C)[C@@](C)(CC(=O)O)[C@H]1C(=O)[C@@H]2C. The molecule has 11 atom stereocenters. The van der Waals surface area contributed by atoms with Gasteiger partial charge in [-0.05, 0) is 79.6 Å². The zero-order chi connectivity index (χ0) is 26.4. The fourth-order valence-corrected chi connectivity index (χ4v) is 10.3. The van der Waals surface area contributed by atoms with Gasteiger partial charge in [0.2, 0.25) is 0 Å². The summed E-state index contributed by atoms with van der Waals surface area (Å²) < 4.78 is 0. The Balaban J connectivity index is 1.68. The summed E-state index contributed by atoms with van der Waals surface area (Å²) in [4.78, 5) is 42.5. The number of aliphatic hydroxyl groups excluding tert-OH is 1. The average Bonchev–Trinajstić information content (AvgIpc) is 2.89. The van der Waals surface area contributed by atoms with Gasteiger partial charge in [0.1, 0.15) is 5.78 Å². The highest BCUT2D eigenvalue weighted by molar-refractivity contribution is 5.99. The molecule has 6 heteroatoms. The summed E-state index contributed by atoms with van der Waals surface area (Å²) in [6, 6.07) is 0.443. The number of carbonyl (C=O) groups excluding carboxylic acids is 2. The van der Waals surface area contributed by atoms with Crippen LogP contribution < -0.4 is 0 Å². The Labute approximate surface area is 215 Å². The molecule has 4 fully saturated rings. The van der Waals surface area contributed by atoms with E-state index >= 15 is 0 Å². The van der Waals surface area contributed by atoms with Crippen molar-refractivity contribution in [2.45, 2.75) is 105 Å². The lowest BCUT2D eigenvalue weighted by Gasteiger charge is -2.71. The number of allylic oxidation sites excluding steroid dienone is 2. The molecule has 6 nitrogen and oxygen atoms in total. The molecule has 2 aliphatic heterocycles. The summed E-state index contributed by atoms with van der Waals surface area (Å²) in [5.41, 5.74) is -0.515. The number of hydrogen-bond donors (Lipinski definition) is 2. The van der Waals surface area contributed by atoms with Crippen LogP contribution in [0, 0.1) is 45.8 Å². The predicted octanol–water partition coefficient (Wildman–Crippen LogP) is 4.49. The Hall–Kier alpha value is -1.53. The topological polar surface area (TPSA) is 94.9 Å². The van der Waals surface area contributed by atoms with Crippen LogP contribution in [0.25, 0.3) is 0 Å². The van der Waals surface area contributed by atoms with E-state index < -0.39 is 34.7 Å². The maximum Gasteiger partial charge on any atom is 0.303 e. The molecular weight excluding hydrogens is 454 g/mol. The van der Waals surface area contributed by atoms with Crippen LogP contribution >= 0.6 is 0 Å². The highest BCUT2D eigenvalue weighted by Crippen LogP contribution is 2.71. The van der Waals surface area contributed by atoms with E-state index in [2.05, 4.69) is 32.6 Å². The van der Waals surface area contributed by atoms with E-state index in [0.29, 0.717) is 18.5 Å². The Morgan fingerprint density at radius 3 is 2.53 bits per heavy atom. The number of carboxylic acid groups (broad SMARTS) is 1. The molecule has 2 heterocycles. The maximum atomic E-state index is 14.3. The number of carbonyl (C=O) groups is 3. The van der Waals surface area contributed by atoms with Gasteiger partial charge >= 0.3 is 5.97 Å². The van der Waals surface area contributed by atoms with Crippen LogP contribution in [-0.2, 0) is 14.4 Å². The van der Waals surface area contributed by atoms with Crippen molar-refractivity contribution in [1.82, 2.24) is 4.90 Å². The third kappa shape index (κ3) is 3.53. The van der Waals surface area contributed by atoms with Crippen LogP contribution in [0.5, 0.6) is 0 Å². The Kier molecular flexibility index (Phi) is 6.15. The zero-order valence-electron chi connectivity index (χ0n) is 22.9. The zero-order valence-corrected chi connectivity index (χ0v) is 22.9. The molecule has 0 spiro atoms. The number of carboxylic acids is 1. The van der Waals surface area contributed by atoms with Crippen LogP contribution in [0.4, 0.5) is 0 Å².